The van der Waals surface area contributed by atoms with E-state index in [1.807, 2.05) is 0 Å². The van der Waals surface area contributed by atoms with Crippen molar-refractivity contribution < 1.29 is 9.53 Å². The molecule has 0 aliphatic heterocycles. The quantitative estimate of drug-likeness (QED) is 0.856. The molecular formula is C13H20N2O2S. The molecule has 18 heavy (non-hydrogen) atoms. The van der Waals surface area contributed by atoms with E-state index in [9.17, 15) is 4.79 Å². The summed E-state index contributed by atoms with van der Waals surface area (Å²) in [7, 11) is 0. The number of carbonyl (C=O) groups is 1. The molecule has 1 fully saturated rings. The van der Waals surface area contributed by atoms with E-state index in [2.05, 4.69) is 18.8 Å². The van der Waals surface area contributed by atoms with Crippen LogP contribution < -0.4 is 5.73 Å². The highest BCUT2D eigenvalue weighted by atomic mass is 32.1. The van der Waals surface area contributed by atoms with Crippen molar-refractivity contribution in [1.29, 1.82) is 0 Å². The van der Waals surface area contributed by atoms with Crippen LogP contribution in [0.4, 0.5) is 0 Å². The van der Waals surface area contributed by atoms with Gasteiger partial charge in [0.15, 0.2) is 5.69 Å². The summed E-state index contributed by atoms with van der Waals surface area (Å²) in [6, 6.07) is 0. The summed E-state index contributed by atoms with van der Waals surface area (Å²) in [6.07, 6.45) is 3.19. The predicted octanol–water partition coefficient (Wildman–Crippen LogP) is 2.58. The molecule has 0 aromatic carbocycles. The van der Waals surface area contributed by atoms with E-state index in [4.69, 9.17) is 10.5 Å². The molecule has 0 saturated heterocycles. The lowest BCUT2D eigenvalue weighted by molar-refractivity contribution is 0.00751. The van der Waals surface area contributed by atoms with E-state index in [1.54, 1.807) is 5.38 Å². The minimum absolute atomic E-state index is 0.0410. The van der Waals surface area contributed by atoms with Gasteiger partial charge in [-0.15, -0.1) is 11.3 Å². The molecule has 5 heteroatoms. The Labute approximate surface area is 112 Å². The molecule has 2 N–H and O–H groups in total. The first-order valence-electron chi connectivity index (χ1n) is 6.44. The third-order valence-electron chi connectivity index (χ3n) is 3.34. The van der Waals surface area contributed by atoms with Crippen molar-refractivity contribution in [3.8, 4) is 0 Å². The molecule has 0 amide bonds. The largest absolute Gasteiger partial charge is 0.458 e. The lowest BCUT2D eigenvalue weighted by atomic mass is 9.82. The Bertz CT molecular complexity index is 409. The molecule has 4 nitrogen and oxygen atoms in total. The molecule has 0 spiro atoms. The summed E-state index contributed by atoms with van der Waals surface area (Å²) in [5, 5.41) is 2.49. The maximum Gasteiger partial charge on any atom is 0.358 e. The smallest absolute Gasteiger partial charge is 0.358 e. The van der Waals surface area contributed by atoms with Gasteiger partial charge in [0.25, 0.3) is 0 Å². The zero-order valence-electron chi connectivity index (χ0n) is 10.9. The zero-order chi connectivity index (χ0) is 13.1. The van der Waals surface area contributed by atoms with Gasteiger partial charge in [0.1, 0.15) is 11.1 Å². The summed E-state index contributed by atoms with van der Waals surface area (Å²) in [4.78, 5) is 16.1. The molecule has 0 radical (unpaired) electrons. The van der Waals surface area contributed by atoms with Gasteiger partial charge in [-0.1, -0.05) is 13.8 Å². The predicted molar refractivity (Wildman–Crippen MR) is 71.4 cm³/mol. The summed E-state index contributed by atoms with van der Waals surface area (Å²) in [5.41, 5.74) is 5.87. The Morgan fingerprint density at radius 3 is 2.67 bits per heavy atom. The zero-order valence-corrected chi connectivity index (χ0v) is 11.7. The highest BCUT2D eigenvalue weighted by Crippen LogP contribution is 2.30. The van der Waals surface area contributed by atoms with Crippen LogP contribution in [0.2, 0.25) is 0 Å². The molecule has 1 aliphatic carbocycles. The van der Waals surface area contributed by atoms with E-state index in [0.29, 0.717) is 24.1 Å². The lowest BCUT2D eigenvalue weighted by Gasteiger charge is -2.30. The molecule has 2 rings (SSSR count). The Hall–Kier alpha value is -0.940. The van der Waals surface area contributed by atoms with Crippen molar-refractivity contribution in [2.45, 2.75) is 45.8 Å². The molecule has 1 aromatic rings. The van der Waals surface area contributed by atoms with E-state index in [1.165, 1.54) is 17.8 Å². The topological polar surface area (TPSA) is 65.2 Å². The van der Waals surface area contributed by atoms with Crippen LogP contribution in [-0.4, -0.2) is 17.1 Å². The second kappa shape index (κ2) is 5.80. The Balaban J connectivity index is 1.94. The highest BCUT2D eigenvalue weighted by molar-refractivity contribution is 7.09. The minimum Gasteiger partial charge on any atom is -0.458 e. The van der Waals surface area contributed by atoms with Crippen molar-refractivity contribution >= 4 is 17.3 Å². The number of thiazole rings is 1. The van der Waals surface area contributed by atoms with Gasteiger partial charge >= 0.3 is 5.97 Å². The van der Waals surface area contributed by atoms with Gasteiger partial charge in [-0.2, -0.15) is 0 Å². The molecule has 1 heterocycles. The number of carbonyl (C=O) groups excluding carboxylic acids is 1. The van der Waals surface area contributed by atoms with Gasteiger partial charge in [-0.05, 0) is 31.1 Å². The number of esters is 1. The van der Waals surface area contributed by atoms with Crippen molar-refractivity contribution in [2.75, 3.05) is 0 Å². The summed E-state index contributed by atoms with van der Waals surface area (Å²) < 4.78 is 5.54. The van der Waals surface area contributed by atoms with Crippen LogP contribution in [-0.2, 0) is 11.3 Å². The van der Waals surface area contributed by atoms with E-state index in [0.717, 1.165) is 17.8 Å². The number of ether oxygens (including phenoxy) is 1. The molecular weight excluding hydrogens is 248 g/mol. The van der Waals surface area contributed by atoms with Crippen LogP contribution in [0.15, 0.2) is 5.38 Å². The van der Waals surface area contributed by atoms with Gasteiger partial charge in [-0.3, -0.25) is 0 Å². The fraction of sp³-hybridized carbons (Fsp3) is 0.692. The van der Waals surface area contributed by atoms with Crippen molar-refractivity contribution in [3.05, 3.63) is 16.1 Å². The van der Waals surface area contributed by atoms with Crippen LogP contribution in [0.1, 0.15) is 48.6 Å². The van der Waals surface area contributed by atoms with Gasteiger partial charge in [0, 0.05) is 11.9 Å². The summed E-state index contributed by atoms with van der Waals surface area (Å²) in [5.74, 6) is 0.945. The normalized spacial score (nSPS) is 28.1. The van der Waals surface area contributed by atoms with Crippen LogP contribution in [0.25, 0.3) is 0 Å². The van der Waals surface area contributed by atoms with Gasteiger partial charge < -0.3 is 10.5 Å². The fourth-order valence-corrected chi connectivity index (χ4v) is 3.32. The summed E-state index contributed by atoms with van der Waals surface area (Å²) in [6.45, 7) is 4.80. The number of nitrogens with two attached hydrogens (primary N) is 1. The Kier molecular flexibility index (Phi) is 4.35. The van der Waals surface area contributed by atoms with Crippen LogP contribution in [0.5, 0.6) is 0 Å². The monoisotopic (exact) mass is 268 g/mol. The SMILES string of the molecule is CC1CC(C)CC(OC(=O)c2csc(CN)n2)C1. The number of nitrogens with zero attached hydrogens (tertiary/aromatic N) is 1. The molecule has 0 bridgehead atoms. The number of hydrogen-bond acceptors (Lipinski definition) is 5. The first kappa shape index (κ1) is 13.5. The lowest BCUT2D eigenvalue weighted by Crippen LogP contribution is -2.28. The average Bonchev–Trinajstić information content (AvgIpc) is 2.75. The maximum absolute atomic E-state index is 11.9. The fourth-order valence-electron chi connectivity index (χ4n) is 2.68. The van der Waals surface area contributed by atoms with Crippen molar-refractivity contribution in [2.24, 2.45) is 17.6 Å². The molecule has 2 atom stereocenters. The number of hydrogen-bond donors (Lipinski definition) is 1. The summed E-state index contributed by atoms with van der Waals surface area (Å²) >= 11 is 1.40. The van der Waals surface area contributed by atoms with Crippen LogP contribution >= 0.6 is 11.3 Å². The standard InChI is InChI=1S/C13H20N2O2S/c1-8-3-9(2)5-10(4-8)17-13(16)11-7-18-12(6-14)15-11/h7-10H,3-6,14H2,1-2H3. The minimum atomic E-state index is -0.308. The van der Waals surface area contributed by atoms with Crippen LogP contribution in [0, 0.1) is 11.8 Å². The van der Waals surface area contributed by atoms with E-state index < -0.39 is 0 Å². The number of aromatic nitrogens is 1. The average molecular weight is 268 g/mol. The molecule has 1 aliphatic rings. The van der Waals surface area contributed by atoms with Gasteiger partial charge in [-0.25, -0.2) is 9.78 Å². The molecule has 100 valence electrons. The van der Waals surface area contributed by atoms with Gasteiger partial charge in [0.05, 0.1) is 0 Å². The Morgan fingerprint density at radius 1 is 1.44 bits per heavy atom. The third-order valence-corrected chi connectivity index (χ3v) is 4.22. The van der Waals surface area contributed by atoms with Crippen molar-refractivity contribution in [1.82, 2.24) is 4.98 Å². The first-order chi connectivity index (χ1) is 8.58. The molecule has 1 saturated carbocycles. The van der Waals surface area contributed by atoms with Crippen molar-refractivity contribution in [3.63, 3.8) is 0 Å². The second-order valence-electron chi connectivity index (χ2n) is 5.28. The van der Waals surface area contributed by atoms with Gasteiger partial charge in [0.2, 0.25) is 0 Å². The van der Waals surface area contributed by atoms with E-state index in [-0.39, 0.29) is 12.1 Å². The third kappa shape index (κ3) is 3.29. The van der Waals surface area contributed by atoms with E-state index >= 15 is 0 Å². The highest BCUT2D eigenvalue weighted by Gasteiger charge is 2.27. The molecule has 1 aromatic heterocycles. The first-order valence-corrected chi connectivity index (χ1v) is 7.32. The number of rotatable bonds is 3. The second-order valence-corrected chi connectivity index (χ2v) is 6.22. The van der Waals surface area contributed by atoms with Crippen LogP contribution in [0.3, 0.4) is 0 Å². The maximum atomic E-state index is 11.9. The Morgan fingerprint density at radius 2 is 2.11 bits per heavy atom. The molecule has 2 unspecified atom stereocenters.